The minimum Gasteiger partial charge on any atom is -0.301 e. The van der Waals surface area contributed by atoms with Crippen molar-refractivity contribution < 1.29 is 9.18 Å². The zero-order valence-electron chi connectivity index (χ0n) is 14.4. The van der Waals surface area contributed by atoms with Crippen LogP contribution in [0.4, 0.5) is 4.39 Å². The summed E-state index contributed by atoms with van der Waals surface area (Å²) in [6.45, 7) is 0.415. The number of nitrogens with one attached hydrogen (secondary N) is 1. The highest BCUT2D eigenvalue weighted by atomic mass is 32.2. The van der Waals surface area contributed by atoms with Gasteiger partial charge in [-0.2, -0.15) is 0 Å². The summed E-state index contributed by atoms with van der Waals surface area (Å²) in [5, 5.41) is 4.33. The number of hydrogen-bond donors (Lipinski definition) is 1. The van der Waals surface area contributed by atoms with Crippen molar-refractivity contribution in [2.24, 2.45) is 4.99 Å². The zero-order valence-corrected chi connectivity index (χ0v) is 15.2. The maximum atomic E-state index is 13.6. The van der Waals surface area contributed by atoms with E-state index in [0.29, 0.717) is 28.6 Å². The van der Waals surface area contributed by atoms with Crippen LogP contribution in [0.3, 0.4) is 0 Å². The van der Waals surface area contributed by atoms with Crippen LogP contribution in [0.5, 0.6) is 0 Å². The number of nitrogens with zero attached hydrogens (tertiary/aromatic N) is 2. The Kier molecular flexibility index (Phi) is 4.98. The maximum absolute atomic E-state index is 13.6. The van der Waals surface area contributed by atoms with E-state index in [1.165, 1.54) is 17.8 Å². The lowest BCUT2D eigenvalue weighted by Gasteiger charge is -2.00. The molecule has 0 atom stereocenters. The number of amidine groups is 1. The number of aromatic nitrogens is 1. The molecule has 1 aliphatic rings. The van der Waals surface area contributed by atoms with E-state index < -0.39 is 0 Å². The number of pyridine rings is 1. The van der Waals surface area contributed by atoms with Gasteiger partial charge in [0, 0.05) is 18.1 Å². The molecule has 0 aliphatic carbocycles. The van der Waals surface area contributed by atoms with E-state index in [4.69, 9.17) is 0 Å². The van der Waals surface area contributed by atoms with Crippen LogP contribution in [-0.4, -0.2) is 22.6 Å². The van der Waals surface area contributed by atoms with E-state index >= 15 is 0 Å². The summed E-state index contributed by atoms with van der Waals surface area (Å²) in [4.78, 5) is 21.4. The molecular formula is C21H16FN3OS. The molecule has 6 heteroatoms. The molecule has 4 rings (SSSR count). The number of fused-ring (bicyclic) bond motifs is 1. The molecule has 0 radical (unpaired) electrons. The predicted molar refractivity (Wildman–Crippen MR) is 108 cm³/mol. The Labute approximate surface area is 160 Å². The number of halogens is 1. The second-order valence-corrected chi connectivity index (χ2v) is 7.08. The molecule has 1 aromatic heterocycles. The lowest BCUT2D eigenvalue weighted by molar-refractivity contribution is -0.115. The molecule has 0 bridgehead atoms. The van der Waals surface area contributed by atoms with E-state index in [9.17, 15) is 9.18 Å². The summed E-state index contributed by atoms with van der Waals surface area (Å²) >= 11 is 1.30. The topological polar surface area (TPSA) is 54.4 Å². The first-order valence-electron chi connectivity index (χ1n) is 8.52. The normalized spacial score (nSPS) is 17.0. The molecule has 1 saturated heterocycles. The summed E-state index contributed by atoms with van der Waals surface area (Å²) in [6.07, 6.45) is 4.08. The van der Waals surface area contributed by atoms with Gasteiger partial charge in [0.05, 0.1) is 10.4 Å². The van der Waals surface area contributed by atoms with Crippen LogP contribution in [0.25, 0.3) is 17.0 Å². The Morgan fingerprint density at radius 3 is 2.93 bits per heavy atom. The number of carbonyl (C=O) groups excluding carboxylic acids is 1. The summed E-state index contributed by atoms with van der Waals surface area (Å²) in [5.74, 6) is -0.400. The first-order chi connectivity index (χ1) is 13.2. The first kappa shape index (κ1) is 17.4. The van der Waals surface area contributed by atoms with Crippen LogP contribution in [0, 0.1) is 5.82 Å². The van der Waals surface area contributed by atoms with Gasteiger partial charge >= 0.3 is 0 Å². The predicted octanol–water partition coefficient (Wildman–Crippen LogP) is 4.18. The number of aliphatic imine (C=N–C) groups is 1. The molecule has 0 saturated carbocycles. The average molecular weight is 377 g/mol. The lowest BCUT2D eigenvalue weighted by atomic mass is 10.1. The number of hydrogen-bond acceptors (Lipinski definition) is 4. The van der Waals surface area contributed by atoms with Crippen molar-refractivity contribution in [2.45, 2.75) is 6.42 Å². The van der Waals surface area contributed by atoms with Gasteiger partial charge in [0.15, 0.2) is 5.17 Å². The van der Waals surface area contributed by atoms with Crippen molar-refractivity contribution in [1.82, 2.24) is 10.3 Å². The van der Waals surface area contributed by atoms with Gasteiger partial charge in [-0.25, -0.2) is 4.39 Å². The van der Waals surface area contributed by atoms with Crippen molar-refractivity contribution in [3.8, 4) is 0 Å². The van der Waals surface area contributed by atoms with Gasteiger partial charge < -0.3 is 5.32 Å². The number of thioether (sulfide) groups is 1. The van der Waals surface area contributed by atoms with E-state index in [-0.39, 0.29) is 11.7 Å². The van der Waals surface area contributed by atoms with Gasteiger partial charge in [-0.05, 0) is 59.7 Å². The summed E-state index contributed by atoms with van der Waals surface area (Å²) in [5.41, 5.74) is 2.47. The molecule has 2 heterocycles. The van der Waals surface area contributed by atoms with E-state index in [1.54, 1.807) is 24.4 Å². The van der Waals surface area contributed by atoms with Crippen molar-refractivity contribution >= 4 is 39.8 Å². The van der Waals surface area contributed by atoms with Crippen molar-refractivity contribution in [1.29, 1.82) is 0 Å². The quantitative estimate of drug-likeness (QED) is 0.694. The Balaban J connectivity index is 1.46. The standard InChI is InChI=1S/C21H16FN3OS/c22-17-6-2-1-4-15(17)9-11-24-21-25-20(26)19(27-21)13-14-7-8-18-16(12-14)5-3-10-23-18/h1-8,10,12-13H,9,11H2,(H,24,25,26)/b19-13-. The van der Waals surface area contributed by atoms with Gasteiger partial charge in [0.25, 0.3) is 5.91 Å². The summed E-state index contributed by atoms with van der Waals surface area (Å²) in [6, 6.07) is 16.4. The van der Waals surface area contributed by atoms with Crippen molar-refractivity contribution in [3.05, 3.63) is 82.6 Å². The molecule has 1 amide bonds. The Morgan fingerprint density at radius 1 is 1.15 bits per heavy atom. The maximum Gasteiger partial charge on any atom is 0.264 e. The molecule has 134 valence electrons. The molecular weight excluding hydrogens is 361 g/mol. The fourth-order valence-electron chi connectivity index (χ4n) is 2.82. The Hall–Kier alpha value is -2.99. The van der Waals surface area contributed by atoms with Crippen LogP contribution >= 0.6 is 11.8 Å². The largest absolute Gasteiger partial charge is 0.301 e. The second-order valence-electron chi connectivity index (χ2n) is 6.05. The molecule has 0 spiro atoms. The highest BCUT2D eigenvalue weighted by Crippen LogP contribution is 2.27. The van der Waals surface area contributed by atoms with E-state index in [1.807, 2.05) is 36.4 Å². The van der Waals surface area contributed by atoms with Gasteiger partial charge in [0.1, 0.15) is 5.82 Å². The van der Waals surface area contributed by atoms with Crippen molar-refractivity contribution in [3.63, 3.8) is 0 Å². The van der Waals surface area contributed by atoms with Crippen LogP contribution in [0.2, 0.25) is 0 Å². The summed E-state index contributed by atoms with van der Waals surface area (Å²) < 4.78 is 13.6. The minimum absolute atomic E-state index is 0.170. The Bertz CT molecular complexity index is 1080. The molecule has 0 unspecified atom stereocenters. The van der Waals surface area contributed by atoms with Crippen LogP contribution < -0.4 is 5.32 Å². The molecule has 3 aromatic rings. The van der Waals surface area contributed by atoms with Crippen molar-refractivity contribution in [2.75, 3.05) is 6.54 Å². The Morgan fingerprint density at radius 2 is 2.04 bits per heavy atom. The van der Waals surface area contributed by atoms with E-state index in [0.717, 1.165) is 16.5 Å². The minimum atomic E-state index is -0.229. The molecule has 1 fully saturated rings. The van der Waals surface area contributed by atoms with Crippen LogP contribution in [-0.2, 0) is 11.2 Å². The van der Waals surface area contributed by atoms with Gasteiger partial charge in [0.2, 0.25) is 0 Å². The molecule has 1 N–H and O–H groups in total. The number of benzene rings is 2. The SMILES string of the molecule is O=C1NC(=NCCc2ccccc2F)S/C1=C\c1ccc2ncccc2c1. The second kappa shape index (κ2) is 7.72. The monoisotopic (exact) mass is 377 g/mol. The number of amides is 1. The fraction of sp³-hybridized carbons (Fsp3) is 0.0952. The molecule has 27 heavy (non-hydrogen) atoms. The number of carbonyl (C=O) groups is 1. The highest BCUT2D eigenvalue weighted by molar-refractivity contribution is 8.18. The zero-order chi connectivity index (χ0) is 18.6. The molecule has 1 aliphatic heterocycles. The highest BCUT2D eigenvalue weighted by Gasteiger charge is 2.23. The third-order valence-corrected chi connectivity index (χ3v) is 5.12. The van der Waals surface area contributed by atoms with E-state index in [2.05, 4.69) is 15.3 Å². The number of rotatable bonds is 4. The first-order valence-corrected chi connectivity index (χ1v) is 9.34. The average Bonchev–Trinajstić information content (AvgIpc) is 3.02. The molecule has 2 aromatic carbocycles. The van der Waals surface area contributed by atoms with Gasteiger partial charge in [-0.3, -0.25) is 14.8 Å². The molecule has 4 nitrogen and oxygen atoms in total. The van der Waals surface area contributed by atoms with Gasteiger partial charge in [-0.1, -0.05) is 30.3 Å². The summed E-state index contributed by atoms with van der Waals surface area (Å²) in [7, 11) is 0. The van der Waals surface area contributed by atoms with Crippen LogP contribution in [0.15, 0.2) is 70.7 Å². The smallest absolute Gasteiger partial charge is 0.264 e. The van der Waals surface area contributed by atoms with Crippen LogP contribution in [0.1, 0.15) is 11.1 Å². The lowest BCUT2D eigenvalue weighted by Crippen LogP contribution is -2.20. The third-order valence-electron chi connectivity index (χ3n) is 4.17. The fourth-order valence-corrected chi connectivity index (χ4v) is 3.66. The van der Waals surface area contributed by atoms with Gasteiger partial charge in [-0.15, -0.1) is 0 Å². The third kappa shape index (κ3) is 4.06.